The van der Waals surface area contributed by atoms with Gasteiger partial charge in [0.05, 0.1) is 18.4 Å². The minimum absolute atomic E-state index is 0.172. The van der Waals surface area contributed by atoms with Crippen LogP contribution in [0.4, 0.5) is 5.69 Å². The van der Waals surface area contributed by atoms with Gasteiger partial charge in [0.25, 0.3) is 0 Å². The Morgan fingerprint density at radius 3 is 2.40 bits per heavy atom. The summed E-state index contributed by atoms with van der Waals surface area (Å²) in [6, 6.07) is 6.69. The highest BCUT2D eigenvalue weighted by Crippen LogP contribution is 2.21. The number of hydrogen-bond acceptors (Lipinski definition) is 4. The third-order valence-electron chi connectivity index (χ3n) is 2.69. The normalized spacial score (nSPS) is 9.75. The quantitative estimate of drug-likeness (QED) is 0.814. The van der Waals surface area contributed by atoms with Gasteiger partial charge in [-0.1, -0.05) is 12.1 Å². The monoisotopic (exact) mass is 278 g/mol. The van der Waals surface area contributed by atoms with Crippen molar-refractivity contribution in [3.63, 3.8) is 0 Å². The van der Waals surface area contributed by atoms with Gasteiger partial charge in [0.1, 0.15) is 0 Å². The Balaban J connectivity index is 3.00. The van der Waals surface area contributed by atoms with Gasteiger partial charge in [-0.3, -0.25) is 9.59 Å². The van der Waals surface area contributed by atoms with Crippen molar-refractivity contribution in [2.24, 2.45) is 0 Å². The van der Waals surface area contributed by atoms with Crippen molar-refractivity contribution in [1.29, 1.82) is 0 Å². The van der Waals surface area contributed by atoms with Crippen LogP contribution >= 0.6 is 0 Å². The van der Waals surface area contributed by atoms with Gasteiger partial charge in [-0.05, 0) is 12.1 Å². The molecule has 0 saturated carbocycles. The molecule has 0 spiro atoms. The van der Waals surface area contributed by atoms with E-state index in [0.29, 0.717) is 17.8 Å². The molecular weight excluding hydrogens is 260 g/mol. The fourth-order valence-corrected chi connectivity index (χ4v) is 1.78. The maximum atomic E-state index is 11.7. The fraction of sp³-hybridized carbons (Fsp3) is 0.357. The number of esters is 1. The van der Waals surface area contributed by atoms with Crippen LogP contribution in [-0.2, 0) is 14.3 Å². The molecule has 0 fully saturated rings. The van der Waals surface area contributed by atoms with Gasteiger partial charge in [0, 0.05) is 26.9 Å². The molecule has 108 valence electrons. The van der Waals surface area contributed by atoms with Crippen molar-refractivity contribution in [2.45, 2.75) is 13.8 Å². The molecule has 6 nitrogen and oxygen atoms in total. The van der Waals surface area contributed by atoms with Crippen LogP contribution in [0.15, 0.2) is 24.3 Å². The highest BCUT2D eigenvalue weighted by atomic mass is 16.5. The average Bonchev–Trinajstić information content (AvgIpc) is 2.42. The molecule has 1 aromatic rings. The van der Waals surface area contributed by atoms with Gasteiger partial charge in [0.15, 0.2) is 0 Å². The molecule has 0 radical (unpaired) electrons. The maximum Gasteiger partial charge on any atom is 0.339 e. The van der Waals surface area contributed by atoms with Crippen molar-refractivity contribution in [3.8, 4) is 0 Å². The minimum Gasteiger partial charge on any atom is -0.465 e. The number of benzene rings is 1. The lowest BCUT2D eigenvalue weighted by molar-refractivity contribution is -0.119. The van der Waals surface area contributed by atoms with E-state index in [-0.39, 0.29) is 18.4 Å². The van der Waals surface area contributed by atoms with E-state index in [1.54, 1.807) is 24.3 Å². The number of nitrogens with one attached hydrogen (secondary N) is 1. The summed E-state index contributed by atoms with van der Waals surface area (Å²) in [5.41, 5.74) is 0.783. The number of hydrogen-bond donors (Lipinski definition) is 1. The number of anilines is 1. The Kier molecular flexibility index (Phi) is 5.71. The van der Waals surface area contributed by atoms with E-state index in [4.69, 9.17) is 4.74 Å². The lowest BCUT2D eigenvalue weighted by atomic mass is 10.1. The van der Waals surface area contributed by atoms with Gasteiger partial charge in [-0.25, -0.2) is 4.79 Å². The fourth-order valence-electron chi connectivity index (χ4n) is 1.78. The first kappa shape index (κ1) is 15.7. The molecule has 0 atom stereocenters. The molecule has 0 bridgehead atoms. The summed E-state index contributed by atoms with van der Waals surface area (Å²) >= 11 is 0. The third-order valence-corrected chi connectivity index (χ3v) is 2.69. The van der Waals surface area contributed by atoms with Crippen LogP contribution in [0.5, 0.6) is 0 Å². The number of ether oxygens (including phenoxy) is 1. The first-order valence-corrected chi connectivity index (χ1v) is 6.17. The predicted octanol–water partition coefficient (Wildman–Crippen LogP) is 0.962. The molecule has 0 unspecified atom stereocenters. The highest BCUT2D eigenvalue weighted by molar-refractivity contribution is 6.01. The second-order valence-electron chi connectivity index (χ2n) is 4.16. The van der Waals surface area contributed by atoms with Crippen LogP contribution in [0.2, 0.25) is 0 Å². The second-order valence-corrected chi connectivity index (χ2v) is 4.16. The van der Waals surface area contributed by atoms with E-state index in [1.807, 2.05) is 0 Å². The van der Waals surface area contributed by atoms with Crippen molar-refractivity contribution >= 4 is 23.5 Å². The van der Waals surface area contributed by atoms with Crippen molar-refractivity contribution in [1.82, 2.24) is 5.32 Å². The lowest BCUT2D eigenvalue weighted by Gasteiger charge is -2.23. The van der Waals surface area contributed by atoms with Gasteiger partial charge < -0.3 is 15.0 Å². The predicted molar refractivity (Wildman–Crippen MR) is 74.5 cm³/mol. The molecular formula is C14H18N2O4. The summed E-state index contributed by atoms with van der Waals surface area (Å²) in [6.07, 6.45) is 0. The van der Waals surface area contributed by atoms with Gasteiger partial charge >= 0.3 is 5.97 Å². The summed E-state index contributed by atoms with van der Waals surface area (Å²) in [4.78, 5) is 35.8. The lowest BCUT2D eigenvalue weighted by Crippen LogP contribution is -2.37. The summed E-state index contributed by atoms with van der Waals surface area (Å²) < 4.78 is 4.70. The highest BCUT2D eigenvalue weighted by Gasteiger charge is 2.19. The molecule has 0 aliphatic carbocycles. The molecule has 20 heavy (non-hydrogen) atoms. The van der Waals surface area contributed by atoms with E-state index in [9.17, 15) is 14.4 Å². The largest absolute Gasteiger partial charge is 0.465 e. The number of carbonyl (C=O) groups excluding carboxylic acids is 3. The summed E-state index contributed by atoms with van der Waals surface area (Å²) in [5, 5.41) is 2.61. The SMILES string of the molecule is COC(=O)c1ccccc1N(CCNC(C)=O)C(C)=O. The molecule has 0 heterocycles. The zero-order valence-corrected chi connectivity index (χ0v) is 11.8. The Morgan fingerprint density at radius 1 is 1.20 bits per heavy atom. The number of amides is 2. The van der Waals surface area contributed by atoms with E-state index in [1.165, 1.54) is 25.9 Å². The summed E-state index contributed by atoms with van der Waals surface area (Å²) in [5.74, 6) is -0.896. The number of carbonyl (C=O) groups is 3. The van der Waals surface area contributed by atoms with Crippen molar-refractivity contribution < 1.29 is 19.1 Å². The minimum atomic E-state index is -0.508. The molecule has 1 aromatic carbocycles. The van der Waals surface area contributed by atoms with E-state index in [0.717, 1.165) is 0 Å². The van der Waals surface area contributed by atoms with Crippen LogP contribution in [0.25, 0.3) is 0 Å². The molecule has 1 rings (SSSR count). The first-order valence-electron chi connectivity index (χ1n) is 6.17. The zero-order valence-electron chi connectivity index (χ0n) is 11.8. The average molecular weight is 278 g/mol. The smallest absolute Gasteiger partial charge is 0.339 e. The van der Waals surface area contributed by atoms with Gasteiger partial charge in [0.2, 0.25) is 11.8 Å². The van der Waals surface area contributed by atoms with E-state index in [2.05, 4.69) is 5.32 Å². The Morgan fingerprint density at radius 2 is 1.85 bits per heavy atom. The first-order chi connectivity index (χ1) is 9.47. The van der Waals surface area contributed by atoms with Gasteiger partial charge in [-0.2, -0.15) is 0 Å². The molecule has 2 amide bonds. The topological polar surface area (TPSA) is 75.7 Å². The molecule has 0 saturated heterocycles. The molecule has 0 aliphatic heterocycles. The molecule has 6 heteroatoms. The van der Waals surface area contributed by atoms with E-state index < -0.39 is 5.97 Å². The van der Waals surface area contributed by atoms with Crippen LogP contribution in [-0.4, -0.2) is 38.0 Å². The third kappa shape index (κ3) is 4.08. The summed E-state index contributed by atoms with van der Waals surface area (Å²) in [7, 11) is 1.29. The number of nitrogens with zero attached hydrogens (tertiary/aromatic N) is 1. The molecule has 1 N–H and O–H groups in total. The molecule has 0 aromatic heterocycles. The van der Waals surface area contributed by atoms with Crippen LogP contribution in [0, 0.1) is 0 Å². The van der Waals surface area contributed by atoms with E-state index >= 15 is 0 Å². The maximum absolute atomic E-state index is 11.7. The number of rotatable bonds is 5. The second kappa shape index (κ2) is 7.28. The van der Waals surface area contributed by atoms with Crippen molar-refractivity contribution in [3.05, 3.63) is 29.8 Å². The molecule has 0 aliphatic rings. The van der Waals surface area contributed by atoms with Crippen LogP contribution < -0.4 is 10.2 Å². The summed E-state index contributed by atoms with van der Waals surface area (Å²) in [6.45, 7) is 3.40. The number of methoxy groups -OCH3 is 1. The Hall–Kier alpha value is -2.37. The van der Waals surface area contributed by atoms with Crippen molar-refractivity contribution in [2.75, 3.05) is 25.1 Å². The Labute approximate surface area is 117 Å². The Bertz CT molecular complexity index is 514. The number of para-hydroxylation sites is 1. The van der Waals surface area contributed by atoms with Crippen LogP contribution in [0.3, 0.4) is 0 Å². The van der Waals surface area contributed by atoms with Gasteiger partial charge in [-0.15, -0.1) is 0 Å². The standard InChI is InChI=1S/C14H18N2O4/c1-10(17)15-8-9-16(11(2)18)13-7-5-4-6-12(13)14(19)20-3/h4-7H,8-9H2,1-3H3,(H,15,17). The zero-order chi connectivity index (χ0) is 15.1. The van der Waals surface area contributed by atoms with Crippen LogP contribution in [0.1, 0.15) is 24.2 Å².